The van der Waals surface area contributed by atoms with Crippen LogP contribution in [0.5, 0.6) is 0 Å². The van der Waals surface area contributed by atoms with Crippen LogP contribution in [0.4, 0.5) is 5.69 Å². The van der Waals surface area contributed by atoms with E-state index in [0.717, 1.165) is 12.1 Å². The summed E-state index contributed by atoms with van der Waals surface area (Å²) in [6.45, 7) is 9.84. The molecule has 132 valence electrons. The summed E-state index contributed by atoms with van der Waals surface area (Å²) in [5, 5.41) is 5.83. The maximum absolute atomic E-state index is 13.3. The number of hydrogen-bond acceptors (Lipinski definition) is 3. The average molecular weight is 331 g/mol. The summed E-state index contributed by atoms with van der Waals surface area (Å²) >= 11 is 0. The summed E-state index contributed by atoms with van der Waals surface area (Å²) in [6, 6.07) is 7.12. The number of carbonyl (C=O) groups is 2. The van der Waals surface area contributed by atoms with Gasteiger partial charge < -0.3 is 15.5 Å². The Morgan fingerprint density at radius 3 is 2.38 bits per heavy atom. The highest BCUT2D eigenvalue weighted by Gasteiger charge is 2.43. The van der Waals surface area contributed by atoms with Crippen molar-refractivity contribution in [3.8, 4) is 0 Å². The third-order valence-corrected chi connectivity index (χ3v) is 4.74. The Hall–Kier alpha value is -1.88. The molecule has 1 aliphatic heterocycles. The zero-order valence-corrected chi connectivity index (χ0v) is 15.5. The molecule has 0 unspecified atom stereocenters. The van der Waals surface area contributed by atoms with E-state index < -0.39 is 6.04 Å². The zero-order valence-electron chi connectivity index (χ0n) is 15.5. The van der Waals surface area contributed by atoms with Crippen LogP contribution in [0.15, 0.2) is 24.3 Å². The molecule has 0 saturated carbocycles. The van der Waals surface area contributed by atoms with Crippen molar-refractivity contribution in [2.45, 2.75) is 58.7 Å². The lowest BCUT2D eigenvalue weighted by Crippen LogP contribution is -2.58. The van der Waals surface area contributed by atoms with Crippen molar-refractivity contribution in [3.05, 3.63) is 29.8 Å². The van der Waals surface area contributed by atoms with Crippen molar-refractivity contribution in [1.29, 1.82) is 0 Å². The Labute approximate surface area is 144 Å². The Balaban J connectivity index is 2.31. The molecule has 0 bridgehead atoms. The van der Waals surface area contributed by atoms with E-state index in [1.54, 1.807) is 14.0 Å². The van der Waals surface area contributed by atoms with E-state index in [4.69, 9.17) is 0 Å². The van der Waals surface area contributed by atoms with Gasteiger partial charge in [-0.25, -0.2) is 0 Å². The summed E-state index contributed by atoms with van der Waals surface area (Å²) in [5.41, 5.74) is 1.83. The van der Waals surface area contributed by atoms with E-state index in [2.05, 4.69) is 30.5 Å². The van der Waals surface area contributed by atoms with Gasteiger partial charge in [-0.1, -0.05) is 32.0 Å². The molecule has 0 aliphatic carbocycles. The zero-order chi connectivity index (χ0) is 18.1. The van der Waals surface area contributed by atoms with E-state index in [-0.39, 0.29) is 29.3 Å². The van der Waals surface area contributed by atoms with Gasteiger partial charge in [-0.2, -0.15) is 0 Å². The molecule has 2 atom stereocenters. The molecule has 1 aromatic carbocycles. The van der Waals surface area contributed by atoms with E-state index in [0.29, 0.717) is 0 Å². The lowest BCUT2D eigenvalue weighted by molar-refractivity contribution is -0.129. The van der Waals surface area contributed by atoms with E-state index in [1.807, 2.05) is 36.9 Å². The molecule has 0 saturated heterocycles. The van der Waals surface area contributed by atoms with Crippen LogP contribution in [0, 0.1) is 5.92 Å². The van der Waals surface area contributed by atoms with Gasteiger partial charge in [-0.3, -0.25) is 9.59 Å². The van der Waals surface area contributed by atoms with Crippen LogP contribution in [-0.2, 0) is 16.0 Å². The number of rotatable bonds is 5. The van der Waals surface area contributed by atoms with Gasteiger partial charge in [-0.05, 0) is 51.8 Å². The second-order valence-electron chi connectivity index (χ2n) is 7.53. The van der Waals surface area contributed by atoms with Gasteiger partial charge in [-0.15, -0.1) is 0 Å². The van der Waals surface area contributed by atoms with Gasteiger partial charge in [0, 0.05) is 11.2 Å². The Bertz CT molecular complexity index is 625. The number of para-hydroxylation sites is 1. The molecule has 0 aromatic heterocycles. The minimum atomic E-state index is -0.543. The fourth-order valence-corrected chi connectivity index (χ4v) is 3.23. The van der Waals surface area contributed by atoms with Gasteiger partial charge >= 0.3 is 0 Å². The van der Waals surface area contributed by atoms with E-state index in [1.165, 1.54) is 5.56 Å². The van der Waals surface area contributed by atoms with Gasteiger partial charge in [0.15, 0.2) is 0 Å². The van der Waals surface area contributed by atoms with Gasteiger partial charge in [0.2, 0.25) is 11.8 Å². The lowest BCUT2D eigenvalue weighted by atomic mass is 9.96. The predicted molar refractivity (Wildman–Crippen MR) is 97.0 cm³/mol. The molecule has 1 aliphatic rings. The molecule has 5 heteroatoms. The largest absolute Gasteiger partial charge is 0.343 e. The van der Waals surface area contributed by atoms with Gasteiger partial charge in [0.1, 0.15) is 6.04 Å². The summed E-state index contributed by atoms with van der Waals surface area (Å²) < 4.78 is 0. The number of hydrogen-bond donors (Lipinski definition) is 2. The smallest absolute Gasteiger partial charge is 0.250 e. The summed E-state index contributed by atoms with van der Waals surface area (Å²) in [7, 11) is 1.73. The molecule has 0 radical (unpaired) electrons. The molecule has 24 heavy (non-hydrogen) atoms. The van der Waals surface area contributed by atoms with Crippen LogP contribution in [0.25, 0.3) is 0 Å². The maximum atomic E-state index is 13.3. The molecule has 0 fully saturated rings. The van der Waals surface area contributed by atoms with Crippen LogP contribution in [0.2, 0.25) is 0 Å². The number of likely N-dealkylation sites (N-methyl/N-ethyl adjacent to an activating group) is 1. The Kier molecular flexibility index (Phi) is 5.33. The normalized spacial score (nSPS) is 18.2. The molecule has 1 heterocycles. The van der Waals surface area contributed by atoms with Crippen molar-refractivity contribution in [2.24, 2.45) is 5.92 Å². The predicted octanol–water partition coefficient (Wildman–Crippen LogP) is 2.10. The number of nitrogens with zero attached hydrogens (tertiary/aromatic N) is 1. The van der Waals surface area contributed by atoms with Crippen LogP contribution >= 0.6 is 0 Å². The van der Waals surface area contributed by atoms with Crippen LogP contribution in [0.3, 0.4) is 0 Å². The fraction of sp³-hybridized carbons (Fsp3) is 0.579. The van der Waals surface area contributed by atoms with Crippen LogP contribution in [0.1, 0.15) is 40.2 Å². The number of nitrogens with one attached hydrogen (secondary N) is 2. The Morgan fingerprint density at radius 1 is 1.17 bits per heavy atom. The van der Waals surface area contributed by atoms with Crippen LogP contribution in [-0.4, -0.2) is 36.5 Å². The molecule has 2 amide bonds. The second kappa shape index (κ2) is 6.93. The highest BCUT2D eigenvalue weighted by atomic mass is 16.2. The summed E-state index contributed by atoms with van der Waals surface area (Å²) in [5.74, 6) is -0.194. The topological polar surface area (TPSA) is 61.4 Å². The number of fused-ring (bicyclic) bond motifs is 1. The summed E-state index contributed by atoms with van der Waals surface area (Å²) in [6.07, 6.45) is 0.820. The van der Waals surface area contributed by atoms with Crippen molar-refractivity contribution >= 4 is 17.5 Å². The first-order valence-electron chi connectivity index (χ1n) is 8.58. The standard InChI is InChI=1S/C19H29N3O2/c1-12(2)16(21-17(23)13(3)20-6)18(24)22-15-10-8-7-9-14(15)11-19(22,4)5/h7-10,12-13,16,20H,11H2,1-6H3,(H,21,23)/t13-,16-/m0/s1. The lowest BCUT2D eigenvalue weighted by Gasteiger charge is -2.36. The third kappa shape index (κ3) is 3.46. The SMILES string of the molecule is CN[C@@H](C)C(=O)N[C@H](C(=O)N1c2ccccc2CC1(C)C)C(C)C. The first kappa shape index (κ1) is 18.5. The third-order valence-electron chi connectivity index (χ3n) is 4.74. The highest BCUT2D eigenvalue weighted by Crippen LogP contribution is 2.39. The van der Waals surface area contributed by atoms with Crippen LogP contribution < -0.4 is 15.5 Å². The monoisotopic (exact) mass is 331 g/mol. The first-order valence-corrected chi connectivity index (χ1v) is 8.58. The molecular weight excluding hydrogens is 302 g/mol. The molecular formula is C19H29N3O2. The van der Waals surface area contributed by atoms with Crippen molar-refractivity contribution in [3.63, 3.8) is 0 Å². The molecule has 1 aromatic rings. The van der Waals surface area contributed by atoms with E-state index in [9.17, 15) is 9.59 Å². The summed E-state index contributed by atoms with van der Waals surface area (Å²) in [4.78, 5) is 27.4. The van der Waals surface area contributed by atoms with Gasteiger partial charge in [0.25, 0.3) is 0 Å². The molecule has 2 N–H and O–H groups in total. The Morgan fingerprint density at radius 2 is 1.79 bits per heavy atom. The van der Waals surface area contributed by atoms with Crippen molar-refractivity contribution in [2.75, 3.05) is 11.9 Å². The molecule has 5 nitrogen and oxygen atoms in total. The molecule has 2 rings (SSSR count). The average Bonchev–Trinajstić information content (AvgIpc) is 2.80. The minimum Gasteiger partial charge on any atom is -0.343 e. The highest BCUT2D eigenvalue weighted by molar-refractivity contribution is 6.02. The number of anilines is 1. The van der Waals surface area contributed by atoms with Crippen molar-refractivity contribution < 1.29 is 9.59 Å². The fourth-order valence-electron chi connectivity index (χ4n) is 3.23. The molecule has 0 spiro atoms. The quantitative estimate of drug-likeness (QED) is 0.869. The van der Waals surface area contributed by atoms with Crippen molar-refractivity contribution in [1.82, 2.24) is 10.6 Å². The van der Waals surface area contributed by atoms with E-state index >= 15 is 0 Å². The number of amides is 2. The first-order chi connectivity index (χ1) is 11.2. The number of benzene rings is 1. The second-order valence-corrected chi connectivity index (χ2v) is 7.53. The number of carbonyl (C=O) groups excluding carboxylic acids is 2. The minimum absolute atomic E-state index is 0.00840. The van der Waals surface area contributed by atoms with Gasteiger partial charge in [0.05, 0.1) is 6.04 Å². The maximum Gasteiger partial charge on any atom is 0.250 e.